The zero-order chi connectivity index (χ0) is 21.6. The highest BCUT2D eigenvalue weighted by Crippen LogP contribution is 2.26. The van der Waals surface area contributed by atoms with Crippen LogP contribution in [0.25, 0.3) is 0 Å². The fraction of sp³-hybridized carbons (Fsp3) is 0.667. The minimum absolute atomic E-state index is 0.0731. The predicted molar refractivity (Wildman–Crippen MR) is 116 cm³/mol. The Bertz CT molecular complexity index is 743. The predicted octanol–water partition coefficient (Wildman–Crippen LogP) is 2.18. The van der Waals surface area contributed by atoms with Crippen LogP contribution in [0.2, 0.25) is 0 Å². The fourth-order valence-electron chi connectivity index (χ4n) is 4.99. The van der Waals surface area contributed by atoms with Crippen molar-refractivity contribution in [2.45, 2.75) is 32.1 Å². The number of hydrogen-bond donors (Lipinski definition) is 0. The lowest BCUT2D eigenvalue weighted by Crippen LogP contribution is -2.50. The number of benzene rings is 1. The largest absolute Gasteiger partial charge is 0.379 e. The number of hydrogen-bond acceptors (Lipinski definition) is 4. The average Bonchev–Trinajstić information content (AvgIpc) is 2.81. The average molecular weight is 432 g/mol. The molecule has 2 amide bonds. The summed E-state index contributed by atoms with van der Waals surface area (Å²) in [4.78, 5) is 31.7. The second kappa shape index (κ2) is 10.6. The van der Waals surface area contributed by atoms with Crippen molar-refractivity contribution >= 4 is 11.8 Å². The van der Waals surface area contributed by atoms with Gasteiger partial charge < -0.3 is 14.5 Å². The van der Waals surface area contributed by atoms with E-state index in [1.54, 1.807) is 0 Å². The van der Waals surface area contributed by atoms with Gasteiger partial charge >= 0.3 is 0 Å². The minimum Gasteiger partial charge on any atom is -0.379 e. The first-order valence-electron chi connectivity index (χ1n) is 11.7. The van der Waals surface area contributed by atoms with Crippen LogP contribution in [0.15, 0.2) is 24.3 Å². The second-order valence-corrected chi connectivity index (χ2v) is 9.13. The number of nitrogens with zero attached hydrogens (tertiary/aromatic N) is 3. The summed E-state index contributed by atoms with van der Waals surface area (Å²) in [6.45, 7) is 7.00. The summed E-state index contributed by atoms with van der Waals surface area (Å²) in [6.07, 6.45) is 4.04. The van der Waals surface area contributed by atoms with Gasteiger partial charge in [-0.15, -0.1) is 0 Å². The molecule has 0 aromatic heterocycles. The first kappa shape index (κ1) is 22.2. The lowest BCUT2D eigenvalue weighted by Gasteiger charge is -2.38. The molecule has 3 heterocycles. The Balaban J connectivity index is 1.23. The van der Waals surface area contributed by atoms with E-state index < -0.39 is 0 Å². The van der Waals surface area contributed by atoms with Crippen LogP contribution in [-0.2, 0) is 20.7 Å². The molecule has 0 spiro atoms. The number of morpholine rings is 1. The molecular weight excluding hydrogens is 397 g/mol. The van der Waals surface area contributed by atoms with E-state index in [-0.39, 0.29) is 23.5 Å². The van der Waals surface area contributed by atoms with E-state index in [1.165, 1.54) is 12.1 Å². The van der Waals surface area contributed by atoms with Gasteiger partial charge in [-0.25, -0.2) is 4.39 Å². The van der Waals surface area contributed by atoms with Crippen molar-refractivity contribution in [3.63, 3.8) is 0 Å². The monoisotopic (exact) mass is 431 g/mol. The van der Waals surface area contributed by atoms with E-state index in [4.69, 9.17) is 4.74 Å². The maximum atomic E-state index is 13.1. The van der Waals surface area contributed by atoms with Gasteiger partial charge in [0.2, 0.25) is 11.8 Å². The van der Waals surface area contributed by atoms with Crippen molar-refractivity contribution in [2.75, 3.05) is 59.0 Å². The maximum absolute atomic E-state index is 13.1. The summed E-state index contributed by atoms with van der Waals surface area (Å²) in [5, 5.41) is 0. The molecule has 1 unspecified atom stereocenters. The third-order valence-electron chi connectivity index (χ3n) is 7.00. The number of rotatable bonds is 6. The lowest BCUT2D eigenvalue weighted by atomic mass is 9.89. The number of likely N-dealkylation sites (tertiary alicyclic amines) is 2. The summed E-state index contributed by atoms with van der Waals surface area (Å²) in [5.41, 5.74) is 1.16. The highest BCUT2D eigenvalue weighted by molar-refractivity contribution is 5.84. The molecule has 1 atom stereocenters. The van der Waals surface area contributed by atoms with E-state index in [9.17, 15) is 14.0 Å². The molecule has 0 bridgehead atoms. The summed E-state index contributed by atoms with van der Waals surface area (Å²) in [6, 6.07) is 6.75. The van der Waals surface area contributed by atoms with E-state index >= 15 is 0 Å². The molecule has 0 N–H and O–H groups in total. The smallest absolute Gasteiger partial charge is 0.227 e. The molecule has 3 aliphatic rings. The van der Waals surface area contributed by atoms with Crippen molar-refractivity contribution < 1.29 is 18.7 Å². The molecule has 170 valence electrons. The molecule has 3 fully saturated rings. The molecule has 0 aliphatic carbocycles. The van der Waals surface area contributed by atoms with Crippen molar-refractivity contribution in [1.29, 1.82) is 0 Å². The van der Waals surface area contributed by atoms with E-state index in [1.807, 2.05) is 21.9 Å². The summed E-state index contributed by atoms with van der Waals surface area (Å²) < 4.78 is 18.5. The summed E-state index contributed by atoms with van der Waals surface area (Å²) in [7, 11) is 0. The first-order valence-corrected chi connectivity index (χ1v) is 11.7. The Morgan fingerprint density at radius 1 is 1.00 bits per heavy atom. The van der Waals surface area contributed by atoms with Gasteiger partial charge in [-0.3, -0.25) is 14.5 Å². The third kappa shape index (κ3) is 6.04. The number of carbonyl (C=O) groups is 2. The zero-order valence-electron chi connectivity index (χ0n) is 18.3. The Morgan fingerprint density at radius 2 is 1.71 bits per heavy atom. The van der Waals surface area contributed by atoms with Crippen LogP contribution in [-0.4, -0.2) is 85.5 Å². The number of ether oxygens (including phenoxy) is 1. The van der Waals surface area contributed by atoms with Crippen LogP contribution >= 0.6 is 0 Å². The van der Waals surface area contributed by atoms with Gasteiger partial charge in [-0.2, -0.15) is 0 Å². The lowest BCUT2D eigenvalue weighted by molar-refractivity contribution is -0.144. The van der Waals surface area contributed by atoms with E-state index in [0.29, 0.717) is 31.8 Å². The molecule has 0 saturated carbocycles. The van der Waals surface area contributed by atoms with Crippen LogP contribution in [0.1, 0.15) is 31.2 Å². The third-order valence-corrected chi connectivity index (χ3v) is 7.00. The molecule has 31 heavy (non-hydrogen) atoms. The van der Waals surface area contributed by atoms with Gasteiger partial charge in [0.05, 0.1) is 19.1 Å². The zero-order valence-corrected chi connectivity index (χ0v) is 18.3. The Morgan fingerprint density at radius 3 is 2.42 bits per heavy atom. The molecule has 7 heteroatoms. The standard InChI is InChI=1S/C24H34FN3O3/c25-22-4-1-19(2-5-22)17-20-7-9-27(10-8-20)24(30)21-3-6-23(29)28(18-21)12-11-26-13-15-31-16-14-26/h1-2,4-5,20-21H,3,6-18H2. The number of amides is 2. The number of halogens is 1. The topological polar surface area (TPSA) is 53.1 Å². The van der Waals surface area contributed by atoms with Gasteiger partial charge in [-0.1, -0.05) is 12.1 Å². The Hall–Kier alpha value is -1.99. The van der Waals surface area contributed by atoms with Crippen LogP contribution in [0.5, 0.6) is 0 Å². The van der Waals surface area contributed by atoms with Crippen molar-refractivity contribution in [1.82, 2.24) is 14.7 Å². The molecular formula is C24H34FN3O3. The van der Waals surface area contributed by atoms with Crippen LogP contribution in [0.4, 0.5) is 4.39 Å². The van der Waals surface area contributed by atoms with Gasteiger partial charge in [-0.05, 0) is 49.3 Å². The Kier molecular flexibility index (Phi) is 7.56. The molecule has 4 rings (SSSR count). The van der Waals surface area contributed by atoms with E-state index in [0.717, 1.165) is 70.8 Å². The molecule has 1 aromatic rings. The molecule has 1 aromatic carbocycles. The molecule has 6 nitrogen and oxygen atoms in total. The fourth-order valence-corrected chi connectivity index (χ4v) is 4.99. The molecule has 3 aliphatic heterocycles. The van der Waals surface area contributed by atoms with Gasteiger partial charge in [0.15, 0.2) is 0 Å². The highest BCUT2D eigenvalue weighted by Gasteiger charge is 2.34. The number of piperidine rings is 2. The van der Waals surface area contributed by atoms with Gasteiger partial charge in [0, 0.05) is 52.2 Å². The molecule has 3 saturated heterocycles. The minimum atomic E-state index is -0.200. The second-order valence-electron chi connectivity index (χ2n) is 9.13. The van der Waals surface area contributed by atoms with Crippen molar-refractivity contribution in [3.8, 4) is 0 Å². The van der Waals surface area contributed by atoms with E-state index in [2.05, 4.69) is 4.90 Å². The number of carbonyl (C=O) groups excluding carboxylic acids is 2. The van der Waals surface area contributed by atoms with Crippen LogP contribution < -0.4 is 0 Å². The van der Waals surface area contributed by atoms with Gasteiger partial charge in [0.25, 0.3) is 0 Å². The Labute approximate surface area is 184 Å². The quantitative estimate of drug-likeness (QED) is 0.693. The SMILES string of the molecule is O=C1CCC(C(=O)N2CCC(Cc3ccc(F)cc3)CC2)CN1CCN1CCOCC1. The van der Waals surface area contributed by atoms with Crippen molar-refractivity contribution in [2.24, 2.45) is 11.8 Å². The first-order chi connectivity index (χ1) is 15.1. The van der Waals surface area contributed by atoms with Crippen molar-refractivity contribution in [3.05, 3.63) is 35.6 Å². The van der Waals surface area contributed by atoms with Gasteiger partial charge in [0.1, 0.15) is 5.82 Å². The molecule has 0 radical (unpaired) electrons. The maximum Gasteiger partial charge on any atom is 0.227 e. The highest BCUT2D eigenvalue weighted by atomic mass is 19.1. The van der Waals surface area contributed by atoms with Crippen LogP contribution in [0, 0.1) is 17.7 Å². The summed E-state index contributed by atoms with van der Waals surface area (Å²) >= 11 is 0. The normalized spacial score (nSPS) is 23.9. The van der Waals surface area contributed by atoms with Crippen LogP contribution in [0.3, 0.4) is 0 Å². The summed E-state index contributed by atoms with van der Waals surface area (Å²) in [5.74, 6) is 0.650.